The van der Waals surface area contributed by atoms with Gasteiger partial charge in [-0.25, -0.2) is 13.2 Å². The van der Waals surface area contributed by atoms with Crippen molar-refractivity contribution in [3.05, 3.63) is 83.1 Å². The third-order valence-electron chi connectivity index (χ3n) is 3.70. The first-order valence-electron chi connectivity index (χ1n) is 8.03. The summed E-state index contributed by atoms with van der Waals surface area (Å²) in [6.45, 7) is 0.248. The van der Waals surface area contributed by atoms with E-state index in [9.17, 15) is 18.3 Å². The zero-order valence-electron chi connectivity index (χ0n) is 14.4. The maximum Gasteiger partial charge on any atom is 0.337 e. The summed E-state index contributed by atoms with van der Waals surface area (Å²) in [5, 5.41) is 9.42. The number of carboxylic acids is 1. The van der Waals surface area contributed by atoms with E-state index in [1.165, 1.54) is 42.5 Å². The molecule has 0 aliphatic rings. The minimum atomic E-state index is -3.99. The lowest BCUT2D eigenvalue weighted by atomic mass is 10.2. The number of pyridine rings is 1. The second-order valence-electron chi connectivity index (χ2n) is 5.68. The molecule has 0 amide bonds. The first-order chi connectivity index (χ1) is 13.3. The Balaban J connectivity index is 1.75. The minimum absolute atomic E-state index is 0.0380. The van der Waals surface area contributed by atoms with Crippen LogP contribution in [0.1, 0.15) is 16.1 Å². The van der Waals surface area contributed by atoms with Crippen molar-refractivity contribution in [3.8, 4) is 5.75 Å². The number of carboxylic acid groups (broad SMARTS) is 1. The van der Waals surface area contributed by atoms with Gasteiger partial charge >= 0.3 is 5.97 Å². The molecule has 2 aromatic carbocycles. The fourth-order valence-corrected chi connectivity index (χ4v) is 3.59. The predicted octanol–water partition coefficient (Wildman–Crippen LogP) is 3.81. The van der Waals surface area contributed by atoms with Gasteiger partial charge in [-0.2, -0.15) is 0 Å². The van der Waals surface area contributed by atoms with Gasteiger partial charge < -0.3 is 9.84 Å². The van der Waals surface area contributed by atoms with Gasteiger partial charge in [-0.05, 0) is 54.6 Å². The third-order valence-corrected chi connectivity index (χ3v) is 5.32. The second-order valence-corrected chi connectivity index (χ2v) is 7.80. The Hall–Kier alpha value is -3.10. The van der Waals surface area contributed by atoms with Crippen LogP contribution in [-0.4, -0.2) is 24.5 Å². The molecule has 7 nitrogen and oxygen atoms in total. The molecule has 9 heteroatoms. The van der Waals surface area contributed by atoms with Crippen LogP contribution in [0.2, 0.25) is 5.02 Å². The molecule has 0 aliphatic heterocycles. The smallest absolute Gasteiger partial charge is 0.337 e. The van der Waals surface area contributed by atoms with Crippen molar-refractivity contribution in [1.29, 1.82) is 0 Å². The number of rotatable bonds is 7. The molecule has 3 rings (SSSR count). The van der Waals surface area contributed by atoms with Crippen LogP contribution in [0.15, 0.2) is 71.8 Å². The Morgan fingerprint density at radius 2 is 1.86 bits per heavy atom. The van der Waals surface area contributed by atoms with Crippen molar-refractivity contribution >= 4 is 33.3 Å². The fraction of sp³-hybridized carbons (Fsp3) is 0.0526. The number of ether oxygens (including phenoxy) is 1. The van der Waals surface area contributed by atoms with Crippen molar-refractivity contribution in [2.45, 2.75) is 11.5 Å². The normalized spacial score (nSPS) is 11.0. The lowest BCUT2D eigenvalue weighted by Crippen LogP contribution is -2.15. The number of hydrogen-bond donors (Lipinski definition) is 2. The maximum absolute atomic E-state index is 12.6. The van der Waals surface area contributed by atoms with Crippen molar-refractivity contribution in [2.24, 2.45) is 0 Å². The summed E-state index contributed by atoms with van der Waals surface area (Å²) in [4.78, 5) is 15.4. The monoisotopic (exact) mass is 418 g/mol. The zero-order chi connectivity index (χ0) is 20.1. The second kappa shape index (κ2) is 8.28. The van der Waals surface area contributed by atoms with Gasteiger partial charge in [0.05, 0.1) is 21.8 Å². The Bertz CT molecular complexity index is 1090. The van der Waals surface area contributed by atoms with Crippen LogP contribution in [0.4, 0.5) is 5.69 Å². The molecule has 0 bridgehead atoms. The van der Waals surface area contributed by atoms with E-state index in [0.717, 1.165) is 5.69 Å². The molecule has 144 valence electrons. The molecule has 0 aliphatic carbocycles. The van der Waals surface area contributed by atoms with Crippen LogP contribution in [0.25, 0.3) is 0 Å². The number of halogens is 1. The van der Waals surface area contributed by atoms with Crippen LogP contribution in [0, 0.1) is 0 Å². The number of nitrogens with zero attached hydrogens (tertiary/aromatic N) is 1. The molecule has 0 saturated heterocycles. The number of carbonyl (C=O) groups is 1. The summed E-state index contributed by atoms with van der Waals surface area (Å²) in [6.07, 6.45) is 1.65. The maximum atomic E-state index is 12.6. The molecule has 1 heterocycles. The summed E-state index contributed by atoms with van der Waals surface area (Å²) < 4.78 is 33.0. The highest BCUT2D eigenvalue weighted by Gasteiger charge is 2.19. The van der Waals surface area contributed by atoms with E-state index >= 15 is 0 Å². The van der Waals surface area contributed by atoms with E-state index in [1.54, 1.807) is 12.3 Å². The Morgan fingerprint density at radius 3 is 2.50 bits per heavy atom. The third kappa shape index (κ3) is 4.79. The minimum Gasteiger partial charge on any atom is -0.487 e. The van der Waals surface area contributed by atoms with Crippen molar-refractivity contribution in [2.75, 3.05) is 4.72 Å². The van der Waals surface area contributed by atoms with Crippen LogP contribution >= 0.6 is 11.6 Å². The number of anilines is 1. The average molecular weight is 419 g/mol. The van der Waals surface area contributed by atoms with E-state index in [0.29, 0.717) is 5.75 Å². The molecule has 3 aromatic rings. The first kappa shape index (κ1) is 19.7. The highest BCUT2D eigenvalue weighted by molar-refractivity contribution is 7.92. The summed E-state index contributed by atoms with van der Waals surface area (Å²) in [6, 6.07) is 15.1. The van der Waals surface area contributed by atoms with Crippen LogP contribution in [0.3, 0.4) is 0 Å². The zero-order valence-corrected chi connectivity index (χ0v) is 15.9. The molecule has 0 saturated carbocycles. The summed E-state index contributed by atoms with van der Waals surface area (Å²) in [5.41, 5.74) is 0.420. The largest absolute Gasteiger partial charge is 0.487 e. The molecule has 28 heavy (non-hydrogen) atoms. The number of nitrogens with one attached hydrogen (secondary N) is 1. The average Bonchev–Trinajstić information content (AvgIpc) is 2.68. The molecule has 0 unspecified atom stereocenters. The number of aromatic carboxylic acids is 1. The Kier molecular flexibility index (Phi) is 5.81. The highest BCUT2D eigenvalue weighted by Crippen LogP contribution is 2.25. The van der Waals surface area contributed by atoms with Gasteiger partial charge in [-0.1, -0.05) is 17.7 Å². The SMILES string of the molecule is O=C(O)c1cc(Cl)ccc1NS(=O)(=O)c1ccc(OCc2ccccn2)cc1. The van der Waals surface area contributed by atoms with Gasteiger partial charge in [0.15, 0.2) is 0 Å². The number of benzene rings is 2. The van der Waals surface area contributed by atoms with Crippen molar-refractivity contribution < 1.29 is 23.1 Å². The van der Waals surface area contributed by atoms with E-state index < -0.39 is 16.0 Å². The van der Waals surface area contributed by atoms with E-state index in [-0.39, 0.29) is 27.8 Å². The van der Waals surface area contributed by atoms with Crippen LogP contribution < -0.4 is 9.46 Å². The van der Waals surface area contributed by atoms with Gasteiger partial charge in [0, 0.05) is 11.2 Å². The van der Waals surface area contributed by atoms with Crippen LogP contribution in [-0.2, 0) is 16.6 Å². The highest BCUT2D eigenvalue weighted by atomic mass is 35.5. The lowest BCUT2D eigenvalue weighted by Gasteiger charge is -2.12. The van der Waals surface area contributed by atoms with Gasteiger partial charge in [0.25, 0.3) is 10.0 Å². The number of aromatic nitrogens is 1. The van der Waals surface area contributed by atoms with Gasteiger partial charge in [-0.15, -0.1) is 0 Å². The quantitative estimate of drug-likeness (QED) is 0.604. The molecule has 0 radical (unpaired) electrons. The molecule has 0 atom stereocenters. The van der Waals surface area contributed by atoms with E-state index in [1.807, 2.05) is 12.1 Å². The standard InChI is InChI=1S/C19H15ClN2O5S/c20-13-4-9-18(17(11-13)19(23)24)22-28(25,26)16-7-5-15(6-8-16)27-12-14-3-1-2-10-21-14/h1-11,22H,12H2,(H,23,24). The predicted molar refractivity (Wildman–Crippen MR) is 104 cm³/mol. The molecule has 1 aromatic heterocycles. The number of hydrogen-bond acceptors (Lipinski definition) is 5. The van der Waals surface area contributed by atoms with Gasteiger partial charge in [-0.3, -0.25) is 9.71 Å². The Morgan fingerprint density at radius 1 is 1.11 bits per heavy atom. The summed E-state index contributed by atoms with van der Waals surface area (Å²) in [7, 11) is -3.99. The molecular weight excluding hydrogens is 404 g/mol. The first-order valence-corrected chi connectivity index (χ1v) is 9.90. The van der Waals surface area contributed by atoms with Gasteiger partial charge in [0.2, 0.25) is 0 Å². The van der Waals surface area contributed by atoms with Crippen molar-refractivity contribution in [3.63, 3.8) is 0 Å². The summed E-state index contributed by atoms with van der Waals surface area (Å²) >= 11 is 5.78. The Labute approximate surface area is 166 Å². The lowest BCUT2D eigenvalue weighted by molar-refractivity contribution is 0.0698. The van der Waals surface area contributed by atoms with E-state index in [2.05, 4.69) is 9.71 Å². The molecular formula is C19H15ClN2O5S. The van der Waals surface area contributed by atoms with E-state index in [4.69, 9.17) is 16.3 Å². The van der Waals surface area contributed by atoms with Crippen LogP contribution in [0.5, 0.6) is 5.75 Å². The van der Waals surface area contributed by atoms with Gasteiger partial charge in [0.1, 0.15) is 12.4 Å². The summed E-state index contributed by atoms with van der Waals surface area (Å²) in [5.74, 6) is -0.819. The van der Waals surface area contributed by atoms with Crippen molar-refractivity contribution in [1.82, 2.24) is 4.98 Å². The fourth-order valence-electron chi connectivity index (χ4n) is 2.34. The topological polar surface area (TPSA) is 106 Å². The molecule has 0 spiro atoms. The molecule has 2 N–H and O–H groups in total. The molecule has 0 fully saturated rings. The number of sulfonamides is 1.